The summed E-state index contributed by atoms with van der Waals surface area (Å²) in [5.41, 5.74) is 1.93. The van der Waals surface area contributed by atoms with Crippen LogP contribution in [0.4, 0.5) is 0 Å². The van der Waals surface area contributed by atoms with Crippen LogP contribution in [0.2, 0.25) is 0 Å². The van der Waals surface area contributed by atoms with Crippen molar-refractivity contribution >= 4 is 21.9 Å². The Bertz CT molecular complexity index is 1480. The molecule has 3 aromatic carbocycles. The van der Waals surface area contributed by atoms with Crippen LogP contribution in [0.15, 0.2) is 76.1 Å². The Kier molecular flexibility index (Phi) is 5.44. The van der Waals surface area contributed by atoms with E-state index in [1.54, 1.807) is 0 Å². The molecule has 0 amide bonds. The first kappa shape index (κ1) is 20.8. The maximum absolute atomic E-state index is 12.0. The van der Waals surface area contributed by atoms with Crippen LogP contribution in [0.5, 0.6) is 23.0 Å². The molecule has 2 aromatic heterocycles. The Morgan fingerprint density at radius 3 is 2.38 bits per heavy atom. The molecule has 0 fully saturated rings. The van der Waals surface area contributed by atoms with Crippen LogP contribution >= 0.6 is 0 Å². The van der Waals surface area contributed by atoms with E-state index in [2.05, 4.69) is 4.98 Å². The second-order valence-electron chi connectivity index (χ2n) is 7.03. The lowest BCUT2D eigenvalue weighted by atomic mass is 10.1. The molecule has 0 aliphatic heterocycles. The van der Waals surface area contributed by atoms with Crippen LogP contribution in [0, 0.1) is 0 Å². The molecule has 6 N–H and O–H groups in total. The molecule has 32 heavy (non-hydrogen) atoms. The number of phenolic OH excluding ortho intramolecular Hbond substituents is 4. The molecule has 5 rings (SSSR count). The normalized spacial score (nSPS) is 10.8. The molecule has 162 valence electrons. The van der Waals surface area contributed by atoms with Crippen molar-refractivity contribution in [2.75, 3.05) is 0 Å². The first-order chi connectivity index (χ1) is 15.4. The summed E-state index contributed by atoms with van der Waals surface area (Å²) in [5, 5.41) is 47.9. The third kappa shape index (κ3) is 3.94. The van der Waals surface area contributed by atoms with Crippen molar-refractivity contribution in [3.05, 3.63) is 82.6 Å². The van der Waals surface area contributed by atoms with E-state index in [4.69, 9.17) is 9.52 Å². The van der Waals surface area contributed by atoms with Gasteiger partial charge in [-0.25, -0.2) is 0 Å². The molecule has 5 aromatic rings. The molecule has 2 heterocycles. The van der Waals surface area contributed by atoms with E-state index in [1.807, 2.05) is 30.5 Å². The zero-order valence-corrected chi connectivity index (χ0v) is 16.6. The largest absolute Gasteiger partial charge is 0.508 e. The number of benzene rings is 3. The van der Waals surface area contributed by atoms with Gasteiger partial charge >= 0.3 is 0 Å². The summed E-state index contributed by atoms with van der Waals surface area (Å²) in [6.07, 6.45) is 1.84. The van der Waals surface area contributed by atoms with Gasteiger partial charge in [0, 0.05) is 46.4 Å². The highest BCUT2D eigenvalue weighted by Gasteiger charge is 2.13. The number of hydrogen-bond acceptors (Lipinski definition) is 7. The van der Waals surface area contributed by atoms with Gasteiger partial charge in [-0.1, -0.05) is 18.2 Å². The van der Waals surface area contributed by atoms with Crippen molar-refractivity contribution in [1.82, 2.24) is 4.98 Å². The van der Waals surface area contributed by atoms with E-state index in [0.29, 0.717) is 5.56 Å². The number of rotatable bonds is 2. The lowest BCUT2D eigenvalue weighted by molar-refractivity contribution is 0.283. The molecular weight excluding hydrogens is 414 g/mol. The third-order valence-corrected chi connectivity index (χ3v) is 4.90. The fourth-order valence-corrected chi connectivity index (χ4v) is 3.34. The summed E-state index contributed by atoms with van der Waals surface area (Å²) in [4.78, 5) is 15.1. The minimum Gasteiger partial charge on any atom is -0.508 e. The van der Waals surface area contributed by atoms with Gasteiger partial charge in [-0.3, -0.25) is 4.79 Å². The van der Waals surface area contributed by atoms with Crippen molar-refractivity contribution in [3.63, 3.8) is 0 Å². The van der Waals surface area contributed by atoms with Gasteiger partial charge in [0.2, 0.25) is 0 Å². The Morgan fingerprint density at radius 2 is 1.62 bits per heavy atom. The summed E-state index contributed by atoms with van der Waals surface area (Å²) >= 11 is 0. The van der Waals surface area contributed by atoms with Gasteiger partial charge in [-0.05, 0) is 24.3 Å². The summed E-state index contributed by atoms with van der Waals surface area (Å²) in [6.45, 7) is 0.101. The van der Waals surface area contributed by atoms with Gasteiger partial charge in [0.15, 0.2) is 16.9 Å². The number of hydrogen-bond donors (Lipinski definition) is 6. The van der Waals surface area contributed by atoms with Crippen LogP contribution in [0.1, 0.15) is 5.56 Å². The first-order valence-corrected chi connectivity index (χ1v) is 9.55. The smallest absolute Gasteiger partial charge is 0.197 e. The molecule has 0 bridgehead atoms. The highest BCUT2D eigenvalue weighted by atomic mass is 16.3. The van der Waals surface area contributed by atoms with E-state index in [-0.39, 0.29) is 46.3 Å². The predicted octanol–water partition coefficient (Wildman–Crippen LogP) is 3.94. The van der Waals surface area contributed by atoms with Crippen LogP contribution in [-0.2, 0) is 6.61 Å². The maximum atomic E-state index is 12.0. The molecule has 0 atom stereocenters. The molecule has 0 aliphatic carbocycles. The lowest BCUT2D eigenvalue weighted by Crippen LogP contribution is -2.00. The van der Waals surface area contributed by atoms with Gasteiger partial charge < -0.3 is 34.9 Å². The number of aromatic amines is 1. The van der Waals surface area contributed by atoms with Gasteiger partial charge in [-0.15, -0.1) is 0 Å². The van der Waals surface area contributed by atoms with Crippen molar-refractivity contribution in [2.45, 2.75) is 6.61 Å². The van der Waals surface area contributed by atoms with E-state index < -0.39 is 5.43 Å². The van der Waals surface area contributed by atoms with Crippen LogP contribution < -0.4 is 5.43 Å². The SMILES string of the molecule is O=c1cc(-c2ccc(O)c(O)c2)oc2cc(O)cc(O)c12.OCc1c[nH]c2ccccc12. The third-order valence-electron chi connectivity index (χ3n) is 4.90. The summed E-state index contributed by atoms with van der Waals surface area (Å²) in [7, 11) is 0. The maximum Gasteiger partial charge on any atom is 0.197 e. The number of aromatic nitrogens is 1. The highest BCUT2D eigenvalue weighted by molar-refractivity contribution is 5.86. The number of aliphatic hydroxyl groups is 1. The van der Waals surface area contributed by atoms with Gasteiger partial charge in [0.1, 0.15) is 28.2 Å². The topological polar surface area (TPSA) is 147 Å². The van der Waals surface area contributed by atoms with Crippen LogP contribution in [0.25, 0.3) is 33.2 Å². The average molecular weight is 433 g/mol. The minimum atomic E-state index is -0.490. The quantitative estimate of drug-likeness (QED) is 0.231. The summed E-state index contributed by atoms with van der Waals surface area (Å²) < 4.78 is 5.47. The molecule has 8 nitrogen and oxygen atoms in total. The van der Waals surface area contributed by atoms with E-state index in [9.17, 15) is 25.2 Å². The minimum absolute atomic E-state index is 0.0163. The Hall–Kier alpha value is -4.43. The molecule has 0 unspecified atom stereocenters. The van der Waals surface area contributed by atoms with Gasteiger partial charge in [0.25, 0.3) is 0 Å². The number of para-hydroxylation sites is 1. The van der Waals surface area contributed by atoms with Crippen LogP contribution in [-0.4, -0.2) is 30.5 Å². The molecular formula is C24H19NO7. The zero-order valence-electron chi connectivity index (χ0n) is 16.6. The number of phenols is 4. The number of aromatic hydroxyl groups is 4. The molecule has 0 saturated carbocycles. The Labute approximate surface area is 180 Å². The average Bonchev–Trinajstić information content (AvgIpc) is 3.18. The second kappa shape index (κ2) is 8.37. The zero-order chi connectivity index (χ0) is 22.8. The van der Waals surface area contributed by atoms with Crippen molar-refractivity contribution in [3.8, 4) is 34.3 Å². The fraction of sp³-hybridized carbons (Fsp3) is 0.0417. The van der Waals surface area contributed by atoms with E-state index in [0.717, 1.165) is 28.6 Å². The van der Waals surface area contributed by atoms with Crippen molar-refractivity contribution in [1.29, 1.82) is 0 Å². The first-order valence-electron chi connectivity index (χ1n) is 9.55. The Balaban J connectivity index is 0.000000186. The summed E-state index contributed by atoms with van der Waals surface area (Å²) in [5.74, 6) is -1.13. The summed E-state index contributed by atoms with van der Waals surface area (Å²) in [6, 6.07) is 15.3. The number of aliphatic hydroxyl groups excluding tert-OH is 1. The molecule has 0 saturated heterocycles. The predicted molar refractivity (Wildman–Crippen MR) is 119 cm³/mol. The number of H-pyrrole nitrogens is 1. The molecule has 0 spiro atoms. The van der Waals surface area contributed by atoms with Gasteiger partial charge in [-0.2, -0.15) is 0 Å². The monoisotopic (exact) mass is 433 g/mol. The Morgan fingerprint density at radius 1 is 0.844 bits per heavy atom. The molecule has 0 aliphatic rings. The van der Waals surface area contributed by atoms with Crippen LogP contribution in [0.3, 0.4) is 0 Å². The van der Waals surface area contributed by atoms with Crippen molar-refractivity contribution < 1.29 is 29.9 Å². The highest BCUT2D eigenvalue weighted by Crippen LogP contribution is 2.33. The van der Waals surface area contributed by atoms with Gasteiger partial charge in [0.05, 0.1) is 6.61 Å². The van der Waals surface area contributed by atoms with E-state index >= 15 is 0 Å². The second-order valence-corrected chi connectivity index (χ2v) is 7.03. The van der Waals surface area contributed by atoms with E-state index in [1.165, 1.54) is 24.3 Å². The standard InChI is InChI=1S/C15H10O6.C9H9NO/c16-8-4-11(19)15-12(20)6-13(21-14(15)5-8)7-1-2-9(17)10(18)3-7;11-6-7-5-10-9-4-2-1-3-8(7)9/h1-6,16-19H;1-5,10-11H,6H2. The lowest BCUT2D eigenvalue weighted by Gasteiger charge is -2.06. The molecule has 8 heteroatoms. The van der Waals surface area contributed by atoms with Crippen molar-refractivity contribution in [2.24, 2.45) is 0 Å². The number of fused-ring (bicyclic) bond motifs is 2. The number of nitrogens with one attached hydrogen (secondary N) is 1. The fourth-order valence-electron chi connectivity index (χ4n) is 3.34. The molecule has 0 radical (unpaired) electrons.